The average Bonchev–Trinajstić information content (AvgIpc) is 3.26. The van der Waals surface area contributed by atoms with Crippen molar-refractivity contribution in [2.75, 3.05) is 6.61 Å². The van der Waals surface area contributed by atoms with E-state index in [2.05, 4.69) is 0 Å². The van der Waals surface area contributed by atoms with Gasteiger partial charge in [-0.05, 0) is 57.3 Å². The number of aliphatic hydroxyl groups is 1. The van der Waals surface area contributed by atoms with E-state index in [9.17, 15) is 14.7 Å². The summed E-state index contributed by atoms with van der Waals surface area (Å²) >= 11 is 0. The summed E-state index contributed by atoms with van der Waals surface area (Å²) < 4.78 is 16.5. The molecule has 0 aliphatic carbocycles. The average molecular weight is 481 g/mol. The molecule has 4 aromatic carbocycles. The third-order valence-electron chi connectivity index (χ3n) is 6.94. The summed E-state index contributed by atoms with van der Waals surface area (Å²) in [5.41, 5.74) is 3.84. The second kappa shape index (κ2) is 8.81. The third-order valence-corrected chi connectivity index (χ3v) is 6.94. The van der Waals surface area contributed by atoms with Crippen LogP contribution in [-0.4, -0.2) is 23.7 Å². The molecule has 36 heavy (non-hydrogen) atoms. The van der Waals surface area contributed by atoms with Gasteiger partial charge in [-0.15, -0.1) is 0 Å². The number of carbonyl (C=O) groups is 2. The number of hydrogen-bond acceptors (Lipinski definition) is 6. The number of cyclic esters (lactones) is 2. The normalized spacial score (nSPS) is 19.0. The summed E-state index contributed by atoms with van der Waals surface area (Å²) in [7, 11) is 0. The van der Waals surface area contributed by atoms with Crippen LogP contribution in [-0.2, 0) is 33.1 Å². The molecule has 2 aliphatic heterocycles. The lowest BCUT2D eigenvalue weighted by atomic mass is 9.85. The zero-order valence-corrected chi connectivity index (χ0v) is 19.5. The number of fused-ring (bicyclic) bond motifs is 2. The Bertz CT molecular complexity index is 1490. The minimum absolute atomic E-state index is 0.0548. The molecule has 1 fully saturated rings. The Kier molecular flexibility index (Phi) is 5.46. The molecule has 2 aliphatic rings. The van der Waals surface area contributed by atoms with Crippen molar-refractivity contribution in [3.63, 3.8) is 0 Å². The summed E-state index contributed by atoms with van der Waals surface area (Å²) in [5.74, 6) is 0.00165. The highest BCUT2D eigenvalue weighted by atomic mass is 16.5. The second-order valence-electron chi connectivity index (χ2n) is 9.27. The molecule has 1 unspecified atom stereocenters. The van der Waals surface area contributed by atoms with Crippen LogP contribution in [0.1, 0.15) is 39.9 Å². The van der Waals surface area contributed by atoms with E-state index >= 15 is 0 Å². The lowest BCUT2D eigenvalue weighted by Gasteiger charge is -2.31. The Balaban J connectivity index is 1.32. The van der Waals surface area contributed by atoms with Gasteiger partial charge in [0.25, 0.3) is 0 Å². The molecule has 6 heteroatoms. The van der Waals surface area contributed by atoms with Crippen LogP contribution in [0.2, 0.25) is 0 Å². The van der Waals surface area contributed by atoms with Gasteiger partial charge in [0.1, 0.15) is 24.6 Å². The van der Waals surface area contributed by atoms with E-state index in [0.29, 0.717) is 29.9 Å². The maximum Gasteiger partial charge on any atom is 0.338 e. The molecule has 1 atom stereocenters. The minimum atomic E-state index is -1.22. The van der Waals surface area contributed by atoms with Gasteiger partial charge in [0.15, 0.2) is 0 Å². The molecule has 2 heterocycles. The van der Waals surface area contributed by atoms with E-state index in [1.54, 1.807) is 0 Å². The monoisotopic (exact) mass is 480 g/mol. The number of ether oxygens (including phenoxy) is 3. The molecule has 0 spiro atoms. The fourth-order valence-corrected chi connectivity index (χ4v) is 5.07. The van der Waals surface area contributed by atoms with Gasteiger partial charge < -0.3 is 19.3 Å². The molecule has 0 bridgehead atoms. The molecular formula is C30H24O6. The maximum absolute atomic E-state index is 12.3. The van der Waals surface area contributed by atoms with E-state index < -0.39 is 11.6 Å². The quantitative estimate of drug-likeness (QED) is 0.392. The number of benzene rings is 4. The summed E-state index contributed by atoms with van der Waals surface area (Å²) in [6.07, 6.45) is 0.313. The van der Waals surface area contributed by atoms with Crippen molar-refractivity contribution in [2.45, 2.75) is 31.7 Å². The van der Waals surface area contributed by atoms with Crippen LogP contribution in [0.5, 0.6) is 5.75 Å². The molecule has 0 saturated carbocycles. The highest BCUT2D eigenvalue weighted by Gasteiger charge is 2.36. The second-order valence-corrected chi connectivity index (χ2v) is 9.27. The van der Waals surface area contributed by atoms with Crippen LogP contribution in [0, 0.1) is 0 Å². The van der Waals surface area contributed by atoms with Gasteiger partial charge in [-0.3, -0.25) is 4.79 Å². The van der Waals surface area contributed by atoms with Gasteiger partial charge in [0.05, 0.1) is 18.6 Å². The SMILES string of the molecule is O=C1CC(O)(c2cccc(COc3ccc4cc5c(c(-c6ccccc6)c4c3)COC5=O)c2)CCO1. The fraction of sp³-hybridized carbons (Fsp3) is 0.200. The number of carbonyl (C=O) groups excluding carboxylic acids is 2. The van der Waals surface area contributed by atoms with Gasteiger partial charge in [0.2, 0.25) is 0 Å². The number of esters is 2. The van der Waals surface area contributed by atoms with Gasteiger partial charge in [0, 0.05) is 12.0 Å². The molecule has 6 rings (SSSR count). The van der Waals surface area contributed by atoms with Crippen LogP contribution in [0.3, 0.4) is 0 Å². The largest absolute Gasteiger partial charge is 0.489 e. The molecule has 1 saturated heterocycles. The highest BCUT2D eigenvalue weighted by Crippen LogP contribution is 2.39. The molecule has 0 amide bonds. The molecule has 4 aromatic rings. The van der Waals surface area contributed by atoms with Crippen LogP contribution < -0.4 is 4.74 Å². The van der Waals surface area contributed by atoms with E-state index in [0.717, 1.165) is 33.0 Å². The first-order valence-electron chi connectivity index (χ1n) is 11.9. The van der Waals surface area contributed by atoms with E-state index in [1.165, 1.54) is 0 Å². The van der Waals surface area contributed by atoms with Crippen molar-refractivity contribution in [1.29, 1.82) is 0 Å². The zero-order chi connectivity index (χ0) is 24.7. The summed E-state index contributed by atoms with van der Waals surface area (Å²) in [4.78, 5) is 24.1. The molecular weight excluding hydrogens is 456 g/mol. The Hall–Kier alpha value is -4.16. The number of rotatable bonds is 5. The minimum Gasteiger partial charge on any atom is -0.489 e. The summed E-state index contributed by atoms with van der Waals surface area (Å²) in [6, 6.07) is 25.2. The van der Waals surface area contributed by atoms with Crippen LogP contribution in [0.25, 0.3) is 21.9 Å². The molecule has 0 aromatic heterocycles. The fourth-order valence-electron chi connectivity index (χ4n) is 5.07. The highest BCUT2D eigenvalue weighted by molar-refractivity contribution is 6.07. The first-order chi connectivity index (χ1) is 17.5. The van der Waals surface area contributed by atoms with Gasteiger partial charge in [-0.1, -0.05) is 54.6 Å². The van der Waals surface area contributed by atoms with Crippen LogP contribution >= 0.6 is 0 Å². The first kappa shape index (κ1) is 22.3. The van der Waals surface area contributed by atoms with E-state index in [4.69, 9.17) is 14.2 Å². The van der Waals surface area contributed by atoms with Crippen molar-refractivity contribution < 1.29 is 28.9 Å². The van der Waals surface area contributed by atoms with Crippen molar-refractivity contribution in [1.82, 2.24) is 0 Å². The first-order valence-corrected chi connectivity index (χ1v) is 11.9. The third kappa shape index (κ3) is 3.99. The molecule has 0 radical (unpaired) electrons. The van der Waals surface area contributed by atoms with Crippen molar-refractivity contribution in [3.05, 3.63) is 101 Å². The topological polar surface area (TPSA) is 82.1 Å². The van der Waals surface area contributed by atoms with Crippen molar-refractivity contribution in [3.8, 4) is 16.9 Å². The molecule has 180 valence electrons. The Morgan fingerprint density at radius 1 is 0.917 bits per heavy atom. The molecule has 6 nitrogen and oxygen atoms in total. The van der Waals surface area contributed by atoms with Gasteiger partial charge >= 0.3 is 11.9 Å². The van der Waals surface area contributed by atoms with Crippen molar-refractivity contribution >= 4 is 22.7 Å². The summed E-state index contributed by atoms with van der Waals surface area (Å²) in [5, 5.41) is 12.9. The van der Waals surface area contributed by atoms with Crippen molar-refractivity contribution in [2.24, 2.45) is 0 Å². The standard InChI is InChI=1S/C30H24O6/c31-27-16-30(33,11-12-34-27)22-8-4-5-19(13-22)17-35-23-10-9-21-14-25-26(18-36-29(25)32)28(24(21)15-23)20-6-2-1-3-7-20/h1-10,13-15,33H,11-12,16-18H2. The van der Waals surface area contributed by atoms with E-state index in [-0.39, 0.29) is 25.6 Å². The van der Waals surface area contributed by atoms with Crippen LogP contribution in [0.15, 0.2) is 78.9 Å². The Morgan fingerprint density at radius 3 is 2.61 bits per heavy atom. The van der Waals surface area contributed by atoms with Gasteiger partial charge in [-0.25, -0.2) is 4.79 Å². The predicted octanol–water partition coefficient (Wildman–Crippen LogP) is 5.28. The van der Waals surface area contributed by atoms with Crippen LogP contribution in [0.4, 0.5) is 0 Å². The lowest BCUT2D eigenvalue weighted by Crippen LogP contribution is -2.36. The molecule has 1 N–H and O–H groups in total. The number of hydrogen-bond donors (Lipinski definition) is 1. The predicted molar refractivity (Wildman–Crippen MR) is 133 cm³/mol. The smallest absolute Gasteiger partial charge is 0.338 e. The zero-order valence-electron chi connectivity index (χ0n) is 19.5. The maximum atomic E-state index is 12.3. The Morgan fingerprint density at radius 2 is 1.78 bits per heavy atom. The van der Waals surface area contributed by atoms with Gasteiger partial charge in [-0.2, -0.15) is 0 Å². The van der Waals surface area contributed by atoms with E-state index in [1.807, 2.05) is 78.9 Å². The Labute approximate surface area is 208 Å². The lowest BCUT2D eigenvalue weighted by molar-refractivity contribution is -0.160. The summed E-state index contributed by atoms with van der Waals surface area (Å²) in [6.45, 7) is 0.757.